The third kappa shape index (κ3) is 3.68. The number of nitrogens with zero attached hydrogens (tertiary/aromatic N) is 1. The van der Waals surface area contributed by atoms with Gasteiger partial charge in [0.2, 0.25) is 0 Å². The van der Waals surface area contributed by atoms with Gasteiger partial charge in [0.25, 0.3) is 0 Å². The molecule has 1 aromatic heterocycles. The van der Waals surface area contributed by atoms with E-state index in [2.05, 4.69) is 18.0 Å². The molecule has 2 rings (SSSR count). The molecule has 0 spiro atoms. The molecule has 2 N–H and O–H groups in total. The van der Waals surface area contributed by atoms with Gasteiger partial charge in [0.05, 0.1) is 16.5 Å². The summed E-state index contributed by atoms with van der Waals surface area (Å²) in [4.78, 5) is 3.53. The Morgan fingerprint density at radius 2 is 2.39 bits per heavy atom. The van der Waals surface area contributed by atoms with Gasteiger partial charge in [-0.3, -0.25) is 4.90 Å². The van der Waals surface area contributed by atoms with Gasteiger partial charge in [-0.15, -0.1) is 11.3 Å². The summed E-state index contributed by atoms with van der Waals surface area (Å²) in [6.07, 6.45) is 3.98. The summed E-state index contributed by atoms with van der Waals surface area (Å²) in [6.45, 7) is 2.45. The molecule has 0 aliphatic carbocycles. The van der Waals surface area contributed by atoms with Crippen molar-refractivity contribution in [1.29, 1.82) is 0 Å². The Balaban J connectivity index is 1.94. The van der Waals surface area contributed by atoms with Crippen molar-refractivity contribution < 1.29 is 4.74 Å². The Hall–Kier alpha value is -0.130. The molecular formula is C13H21ClN2OS. The predicted octanol–water partition coefficient (Wildman–Crippen LogP) is 2.90. The fraction of sp³-hybridized carbons (Fsp3) is 0.692. The number of thiophene rings is 1. The molecule has 1 aliphatic heterocycles. The van der Waals surface area contributed by atoms with Crippen LogP contribution in [0.1, 0.15) is 30.2 Å². The van der Waals surface area contributed by atoms with Crippen molar-refractivity contribution in [2.45, 2.75) is 31.4 Å². The Morgan fingerprint density at radius 3 is 2.94 bits per heavy atom. The fourth-order valence-corrected chi connectivity index (χ4v) is 3.66. The number of halogens is 1. The first kappa shape index (κ1) is 14.3. The largest absolute Gasteiger partial charge is 0.377 e. The summed E-state index contributed by atoms with van der Waals surface area (Å²) >= 11 is 7.61. The highest BCUT2D eigenvalue weighted by Crippen LogP contribution is 2.30. The molecule has 102 valence electrons. The molecule has 0 bridgehead atoms. The number of nitrogens with two attached hydrogens (primary N) is 1. The van der Waals surface area contributed by atoms with E-state index in [0.717, 1.165) is 23.9 Å². The van der Waals surface area contributed by atoms with Crippen LogP contribution in [0.3, 0.4) is 0 Å². The molecule has 2 heterocycles. The van der Waals surface area contributed by atoms with Crippen molar-refractivity contribution >= 4 is 22.9 Å². The van der Waals surface area contributed by atoms with Gasteiger partial charge in [0.15, 0.2) is 0 Å². The van der Waals surface area contributed by atoms with Crippen LogP contribution in [0.15, 0.2) is 12.1 Å². The minimum absolute atomic E-state index is 0.244. The van der Waals surface area contributed by atoms with Crippen molar-refractivity contribution in [2.24, 2.45) is 5.73 Å². The van der Waals surface area contributed by atoms with E-state index in [-0.39, 0.29) is 6.04 Å². The molecule has 1 saturated heterocycles. The zero-order valence-electron chi connectivity index (χ0n) is 10.8. The van der Waals surface area contributed by atoms with E-state index < -0.39 is 0 Å². The van der Waals surface area contributed by atoms with E-state index in [4.69, 9.17) is 22.1 Å². The van der Waals surface area contributed by atoms with Crippen LogP contribution >= 0.6 is 22.9 Å². The predicted molar refractivity (Wildman–Crippen MR) is 77.3 cm³/mol. The van der Waals surface area contributed by atoms with E-state index in [1.54, 1.807) is 11.3 Å². The van der Waals surface area contributed by atoms with Crippen molar-refractivity contribution in [2.75, 3.05) is 26.7 Å². The number of likely N-dealkylation sites (N-methyl/N-ethyl adjacent to an activating group) is 1. The Labute approximate surface area is 118 Å². The van der Waals surface area contributed by atoms with E-state index in [9.17, 15) is 0 Å². The first-order valence-corrected chi connectivity index (χ1v) is 7.67. The van der Waals surface area contributed by atoms with E-state index in [1.165, 1.54) is 17.7 Å². The molecule has 2 unspecified atom stereocenters. The molecule has 0 radical (unpaired) electrons. The Morgan fingerprint density at radius 1 is 1.56 bits per heavy atom. The summed E-state index contributed by atoms with van der Waals surface area (Å²) in [5.41, 5.74) is 5.90. The summed E-state index contributed by atoms with van der Waals surface area (Å²) < 4.78 is 6.60. The first-order chi connectivity index (χ1) is 8.70. The number of hydrogen-bond donors (Lipinski definition) is 1. The maximum Gasteiger partial charge on any atom is 0.0931 e. The molecule has 2 atom stereocenters. The second-order valence-electron chi connectivity index (χ2n) is 4.82. The average molecular weight is 289 g/mol. The lowest BCUT2D eigenvalue weighted by Gasteiger charge is -2.31. The van der Waals surface area contributed by atoms with E-state index in [1.807, 2.05) is 6.07 Å². The van der Waals surface area contributed by atoms with Gasteiger partial charge in [-0.25, -0.2) is 0 Å². The highest BCUT2D eigenvalue weighted by atomic mass is 35.5. The normalized spacial score (nSPS) is 22.3. The summed E-state index contributed by atoms with van der Waals surface area (Å²) in [7, 11) is 2.11. The minimum Gasteiger partial charge on any atom is -0.377 e. The average Bonchev–Trinajstić information content (AvgIpc) is 2.78. The molecule has 18 heavy (non-hydrogen) atoms. The van der Waals surface area contributed by atoms with Gasteiger partial charge in [0, 0.05) is 24.6 Å². The quantitative estimate of drug-likeness (QED) is 0.905. The van der Waals surface area contributed by atoms with Gasteiger partial charge in [-0.05, 0) is 38.4 Å². The van der Waals surface area contributed by atoms with Crippen LogP contribution in [-0.4, -0.2) is 37.7 Å². The zero-order valence-corrected chi connectivity index (χ0v) is 12.3. The van der Waals surface area contributed by atoms with Crippen molar-refractivity contribution in [3.63, 3.8) is 0 Å². The van der Waals surface area contributed by atoms with Crippen molar-refractivity contribution in [3.05, 3.63) is 21.3 Å². The van der Waals surface area contributed by atoms with Crippen molar-refractivity contribution in [1.82, 2.24) is 4.90 Å². The SMILES string of the molecule is CN(CC1CCCCO1)C(CN)c1ccc(Cl)s1. The first-order valence-electron chi connectivity index (χ1n) is 6.48. The van der Waals surface area contributed by atoms with Gasteiger partial charge in [-0.1, -0.05) is 11.6 Å². The number of ether oxygens (including phenoxy) is 1. The lowest BCUT2D eigenvalue weighted by molar-refractivity contribution is -0.00754. The number of rotatable bonds is 5. The van der Waals surface area contributed by atoms with Crippen LogP contribution in [0.4, 0.5) is 0 Å². The summed E-state index contributed by atoms with van der Waals surface area (Å²) in [6, 6.07) is 4.26. The van der Waals surface area contributed by atoms with E-state index >= 15 is 0 Å². The summed E-state index contributed by atoms with van der Waals surface area (Å²) in [5.74, 6) is 0. The third-order valence-corrected chi connectivity index (χ3v) is 4.78. The Kier molecular flexibility index (Phi) is 5.45. The molecule has 0 saturated carbocycles. The van der Waals surface area contributed by atoms with Crippen molar-refractivity contribution in [3.8, 4) is 0 Å². The third-order valence-electron chi connectivity index (χ3n) is 3.44. The van der Waals surface area contributed by atoms with Crippen LogP contribution in [0, 0.1) is 0 Å². The second kappa shape index (κ2) is 6.87. The second-order valence-corrected chi connectivity index (χ2v) is 6.57. The molecule has 3 nitrogen and oxygen atoms in total. The topological polar surface area (TPSA) is 38.5 Å². The fourth-order valence-electron chi connectivity index (χ4n) is 2.42. The highest BCUT2D eigenvalue weighted by molar-refractivity contribution is 7.16. The van der Waals surface area contributed by atoms with Crippen LogP contribution in [-0.2, 0) is 4.74 Å². The van der Waals surface area contributed by atoms with Gasteiger partial charge < -0.3 is 10.5 Å². The maximum absolute atomic E-state index is 5.99. The molecule has 0 aromatic carbocycles. The van der Waals surface area contributed by atoms with Crippen LogP contribution in [0.5, 0.6) is 0 Å². The maximum atomic E-state index is 5.99. The Bertz CT molecular complexity index is 366. The zero-order chi connectivity index (χ0) is 13.0. The molecular weight excluding hydrogens is 268 g/mol. The standard InChI is InChI=1S/C13H21ClN2OS/c1-16(9-10-4-2-3-7-17-10)11(8-15)12-5-6-13(14)18-12/h5-6,10-11H,2-4,7-9,15H2,1H3. The molecule has 1 aromatic rings. The lowest BCUT2D eigenvalue weighted by Crippen LogP contribution is -2.38. The van der Waals surface area contributed by atoms with E-state index in [0.29, 0.717) is 12.6 Å². The van der Waals surface area contributed by atoms with Gasteiger partial charge in [-0.2, -0.15) is 0 Å². The van der Waals surface area contributed by atoms with Crippen LogP contribution in [0.25, 0.3) is 0 Å². The molecule has 1 aliphatic rings. The van der Waals surface area contributed by atoms with Crippen LogP contribution in [0.2, 0.25) is 4.34 Å². The molecule has 1 fully saturated rings. The lowest BCUT2D eigenvalue weighted by atomic mass is 10.1. The number of hydrogen-bond acceptors (Lipinski definition) is 4. The minimum atomic E-state index is 0.244. The molecule has 5 heteroatoms. The highest BCUT2D eigenvalue weighted by Gasteiger charge is 2.22. The monoisotopic (exact) mass is 288 g/mol. The molecule has 0 amide bonds. The van der Waals surface area contributed by atoms with Gasteiger partial charge >= 0.3 is 0 Å². The van der Waals surface area contributed by atoms with Crippen LogP contribution < -0.4 is 5.73 Å². The van der Waals surface area contributed by atoms with Gasteiger partial charge in [0.1, 0.15) is 0 Å². The summed E-state index contributed by atoms with van der Waals surface area (Å²) in [5, 5.41) is 0. The smallest absolute Gasteiger partial charge is 0.0931 e.